The summed E-state index contributed by atoms with van der Waals surface area (Å²) in [4.78, 5) is 25.1. The number of alkyl carbamates (subject to hydrolysis) is 1. The first-order valence-corrected chi connectivity index (χ1v) is 7.96. The lowest BCUT2D eigenvalue weighted by atomic mass is 10.1. The molecule has 1 aromatic carbocycles. The highest BCUT2D eigenvalue weighted by Gasteiger charge is 2.34. The van der Waals surface area contributed by atoms with E-state index >= 15 is 0 Å². The number of halogens is 3. The van der Waals surface area contributed by atoms with Crippen molar-refractivity contribution in [1.29, 1.82) is 0 Å². The van der Waals surface area contributed by atoms with Crippen LogP contribution in [0.15, 0.2) is 24.3 Å². The highest BCUT2D eigenvalue weighted by Crippen LogP contribution is 2.34. The minimum absolute atomic E-state index is 0.207. The van der Waals surface area contributed by atoms with E-state index in [2.05, 4.69) is 10.6 Å². The third kappa shape index (κ3) is 5.27. The lowest BCUT2D eigenvalue weighted by Crippen LogP contribution is -2.50. The first kappa shape index (κ1) is 18.9. The van der Waals surface area contributed by atoms with E-state index in [4.69, 9.17) is 4.74 Å². The van der Waals surface area contributed by atoms with Gasteiger partial charge in [-0.15, -0.1) is 0 Å². The van der Waals surface area contributed by atoms with Gasteiger partial charge in [-0.3, -0.25) is 0 Å². The number of likely N-dealkylation sites (tertiary alicyclic amines) is 1. The van der Waals surface area contributed by atoms with Gasteiger partial charge in [-0.05, 0) is 31.9 Å². The Kier molecular flexibility index (Phi) is 6.11. The van der Waals surface area contributed by atoms with Gasteiger partial charge in [0.1, 0.15) is 0 Å². The highest BCUT2D eigenvalue weighted by atomic mass is 19.4. The maximum atomic E-state index is 13.0. The Bertz CT molecular complexity index is 622. The van der Waals surface area contributed by atoms with Crippen LogP contribution in [0.1, 0.15) is 25.3 Å². The molecule has 3 amide bonds. The van der Waals surface area contributed by atoms with Crippen molar-refractivity contribution in [3.05, 3.63) is 29.8 Å². The molecule has 1 aliphatic heterocycles. The molecule has 6 nitrogen and oxygen atoms in total. The number of urea groups is 1. The van der Waals surface area contributed by atoms with Gasteiger partial charge in [-0.1, -0.05) is 12.1 Å². The summed E-state index contributed by atoms with van der Waals surface area (Å²) >= 11 is 0. The second kappa shape index (κ2) is 8.09. The van der Waals surface area contributed by atoms with Crippen LogP contribution in [-0.2, 0) is 10.9 Å². The molecule has 1 heterocycles. The number of para-hydroxylation sites is 1. The number of nitrogens with zero attached hydrogens (tertiary/aromatic N) is 1. The summed E-state index contributed by atoms with van der Waals surface area (Å²) < 4.78 is 43.8. The van der Waals surface area contributed by atoms with Crippen molar-refractivity contribution in [2.75, 3.05) is 25.0 Å². The van der Waals surface area contributed by atoms with E-state index in [1.54, 1.807) is 6.92 Å². The quantitative estimate of drug-likeness (QED) is 0.868. The molecular weight excluding hydrogens is 339 g/mol. The van der Waals surface area contributed by atoms with Gasteiger partial charge in [0.2, 0.25) is 0 Å². The SMILES string of the molecule is CCOC(=O)NC1CCCN(C(=O)Nc2ccccc2C(F)(F)F)C1. The molecule has 9 heteroatoms. The second-order valence-electron chi connectivity index (χ2n) is 5.62. The first-order chi connectivity index (χ1) is 11.8. The monoisotopic (exact) mass is 359 g/mol. The fraction of sp³-hybridized carbons (Fsp3) is 0.500. The Morgan fingerprint density at radius 1 is 1.32 bits per heavy atom. The van der Waals surface area contributed by atoms with Crippen molar-refractivity contribution in [2.45, 2.75) is 32.0 Å². The zero-order valence-corrected chi connectivity index (χ0v) is 13.7. The second-order valence-corrected chi connectivity index (χ2v) is 5.62. The van der Waals surface area contributed by atoms with Crippen molar-refractivity contribution < 1.29 is 27.5 Å². The maximum Gasteiger partial charge on any atom is 0.418 e. The number of amides is 3. The van der Waals surface area contributed by atoms with Crippen LogP contribution in [0, 0.1) is 0 Å². The predicted molar refractivity (Wildman–Crippen MR) is 85.2 cm³/mol. The molecule has 1 atom stereocenters. The molecule has 138 valence electrons. The van der Waals surface area contributed by atoms with E-state index in [0.717, 1.165) is 6.07 Å². The summed E-state index contributed by atoms with van der Waals surface area (Å²) in [5.74, 6) is 0. The number of rotatable bonds is 3. The number of ether oxygens (including phenoxy) is 1. The molecule has 0 aliphatic carbocycles. The molecule has 25 heavy (non-hydrogen) atoms. The van der Waals surface area contributed by atoms with Crippen LogP contribution in [-0.4, -0.2) is 42.8 Å². The molecule has 0 spiro atoms. The van der Waals surface area contributed by atoms with E-state index in [1.165, 1.54) is 23.1 Å². The van der Waals surface area contributed by atoms with Crippen LogP contribution < -0.4 is 10.6 Å². The summed E-state index contributed by atoms with van der Waals surface area (Å²) in [6.07, 6.45) is -3.83. The van der Waals surface area contributed by atoms with Crippen molar-refractivity contribution >= 4 is 17.8 Å². The van der Waals surface area contributed by atoms with Crippen LogP contribution in [0.5, 0.6) is 0 Å². The molecule has 0 radical (unpaired) electrons. The molecule has 1 fully saturated rings. The van der Waals surface area contributed by atoms with Crippen molar-refractivity contribution in [2.24, 2.45) is 0 Å². The summed E-state index contributed by atoms with van der Waals surface area (Å²) in [5, 5.41) is 4.95. The average Bonchev–Trinajstić information content (AvgIpc) is 2.54. The van der Waals surface area contributed by atoms with Crippen LogP contribution in [0.2, 0.25) is 0 Å². The fourth-order valence-corrected chi connectivity index (χ4v) is 2.65. The number of alkyl halides is 3. The molecule has 2 rings (SSSR count). The number of carbonyl (C=O) groups excluding carboxylic acids is 2. The zero-order chi connectivity index (χ0) is 18.4. The van der Waals surface area contributed by atoms with E-state index in [9.17, 15) is 22.8 Å². The molecule has 1 aliphatic rings. The molecular formula is C16H20F3N3O3. The predicted octanol–water partition coefficient (Wildman–Crippen LogP) is 3.45. The van der Waals surface area contributed by atoms with Crippen LogP contribution in [0.4, 0.5) is 28.4 Å². The van der Waals surface area contributed by atoms with Crippen LogP contribution in [0.25, 0.3) is 0 Å². The number of hydrogen-bond donors (Lipinski definition) is 2. The molecule has 2 N–H and O–H groups in total. The van der Waals surface area contributed by atoms with Gasteiger partial charge >= 0.3 is 18.3 Å². The van der Waals surface area contributed by atoms with Gasteiger partial charge in [0.15, 0.2) is 0 Å². The number of benzene rings is 1. The Labute approximate surface area is 143 Å². The summed E-state index contributed by atoms with van der Waals surface area (Å²) in [6.45, 7) is 2.52. The van der Waals surface area contributed by atoms with E-state index in [-0.39, 0.29) is 24.9 Å². The van der Waals surface area contributed by atoms with Crippen molar-refractivity contribution in [3.63, 3.8) is 0 Å². The fourth-order valence-electron chi connectivity index (χ4n) is 2.65. The highest BCUT2D eigenvalue weighted by molar-refractivity contribution is 5.90. The van der Waals surface area contributed by atoms with Crippen molar-refractivity contribution in [1.82, 2.24) is 10.2 Å². The Morgan fingerprint density at radius 3 is 2.72 bits per heavy atom. The molecule has 1 aromatic rings. The number of anilines is 1. The smallest absolute Gasteiger partial charge is 0.418 e. The van der Waals surface area contributed by atoms with E-state index in [0.29, 0.717) is 19.4 Å². The van der Waals surface area contributed by atoms with Gasteiger partial charge < -0.3 is 20.3 Å². The van der Waals surface area contributed by atoms with E-state index in [1.807, 2.05) is 0 Å². The number of piperidine rings is 1. The van der Waals surface area contributed by atoms with Gasteiger partial charge in [-0.25, -0.2) is 9.59 Å². The lowest BCUT2D eigenvalue weighted by Gasteiger charge is -2.33. The van der Waals surface area contributed by atoms with Crippen molar-refractivity contribution in [3.8, 4) is 0 Å². The Morgan fingerprint density at radius 2 is 2.04 bits per heavy atom. The number of carbonyl (C=O) groups is 2. The van der Waals surface area contributed by atoms with E-state index < -0.39 is 23.9 Å². The summed E-state index contributed by atoms with van der Waals surface area (Å²) in [6, 6.07) is 3.88. The minimum atomic E-state index is -4.56. The molecule has 0 aromatic heterocycles. The Hall–Kier alpha value is -2.45. The standard InChI is InChI=1S/C16H20F3N3O3/c1-2-25-15(24)20-11-6-5-9-22(10-11)14(23)21-13-8-4-3-7-12(13)16(17,18)19/h3-4,7-8,11H,2,5-6,9-10H2,1H3,(H,20,24)(H,21,23). The number of nitrogens with one attached hydrogen (secondary N) is 2. The maximum absolute atomic E-state index is 13.0. The molecule has 0 bridgehead atoms. The third-order valence-electron chi connectivity index (χ3n) is 3.78. The first-order valence-electron chi connectivity index (χ1n) is 7.96. The summed E-state index contributed by atoms with van der Waals surface area (Å²) in [5.41, 5.74) is -1.19. The zero-order valence-electron chi connectivity index (χ0n) is 13.7. The average molecular weight is 359 g/mol. The van der Waals surface area contributed by atoms with Gasteiger partial charge in [0.25, 0.3) is 0 Å². The summed E-state index contributed by atoms with van der Waals surface area (Å²) in [7, 11) is 0. The van der Waals surface area contributed by atoms with Gasteiger partial charge in [0, 0.05) is 19.1 Å². The minimum Gasteiger partial charge on any atom is -0.450 e. The topological polar surface area (TPSA) is 70.7 Å². The Balaban J connectivity index is 2.00. The number of hydrogen-bond acceptors (Lipinski definition) is 3. The van der Waals surface area contributed by atoms with Gasteiger partial charge in [0.05, 0.1) is 17.9 Å². The third-order valence-corrected chi connectivity index (χ3v) is 3.78. The molecule has 1 unspecified atom stereocenters. The largest absolute Gasteiger partial charge is 0.450 e. The van der Waals surface area contributed by atoms with Gasteiger partial charge in [-0.2, -0.15) is 13.2 Å². The van der Waals surface area contributed by atoms with Crippen LogP contribution in [0.3, 0.4) is 0 Å². The van der Waals surface area contributed by atoms with Crippen LogP contribution >= 0.6 is 0 Å². The normalized spacial score (nSPS) is 17.8. The molecule has 0 saturated carbocycles. The lowest BCUT2D eigenvalue weighted by molar-refractivity contribution is -0.136. The molecule has 1 saturated heterocycles.